The number of hydrogen-bond donors (Lipinski definition) is 1. The average molecular weight is 499 g/mol. The van der Waals surface area contributed by atoms with Gasteiger partial charge < -0.3 is 19.0 Å². The Balaban J connectivity index is 1.50. The Morgan fingerprint density at radius 3 is 2.61 bits per heavy atom. The third kappa shape index (κ3) is 5.31. The van der Waals surface area contributed by atoms with Gasteiger partial charge in [0.15, 0.2) is 0 Å². The molecular weight excluding hydrogens is 472 g/mol. The quantitative estimate of drug-likeness (QED) is 0.243. The molecule has 182 valence electrons. The van der Waals surface area contributed by atoms with Crippen molar-refractivity contribution in [2.75, 3.05) is 7.11 Å². The van der Waals surface area contributed by atoms with Gasteiger partial charge in [0.1, 0.15) is 11.5 Å². The van der Waals surface area contributed by atoms with Crippen LogP contribution >= 0.6 is 11.6 Å². The van der Waals surface area contributed by atoms with Crippen molar-refractivity contribution in [1.29, 1.82) is 0 Å². The van der Waals surface area contributed by atoms with E-state index in [2.05, 4.69) is 40.3 Å². The molecule has 0 saturated heterocycles. The highest BCUT2D eigenvalue weighted by molar-refractivity contribution is 6.30. The maximum Gasteiger partial charge on any atom is 0.221 e. The zero-order valence-corrected chi connectivity index (χ0v) is 20.7. The van der Waals surface area contributed by atoms with Gasteiger partial charge in [-0.25, -0.2) is 0 Å². The number of furan rings is 1. The lowest BCUT2D eigenvalue weighted by Gasteiger charge is -2.17. The molecule has 36 heavy (non-hydrogen) atoms. The molecule has 0 saturated carbocycles. The number of rotatable bonds is 9. The lowest BCUT2D eigenvalue weighted by molar-refractivity contribution is -0.121. The van der Waals surface area contributed by atoms with Crippen molar-refractivity contribution in [3.63, 3.8) is 0 Å². The van der Waals surface area contributed by atoms with Crippen LogP contribution < -0.4 is 10.1 Å². The second-order valence-electron chi connectivity index (χ2n) is 8.75. The van der Waals surface area contributed by atoms with Gasteiger partial charge in [0.25, 0.3) is 0 Å². The van der Waals surface area contributed by atoms with Gasteiger partial charge in [0, 0.05) is 41.0 Å². The highest BCUT2D eigenvalue weighted by atomic mass is 35.5. The van der Waals surface area contributed by atoms with Crippen LogP contribution in [0.1, 0.15) is 34.8 Å². The fraction of sp³-hybridized carbons (Fsp3) is 0.167. The van der Waals surface area contributed by atoms with Crippen LogP contribution in [0, 0.1) is 0 Å². The van der Waals surface area contributed by atoms with Crippen molar-refractivity contribution in [2.24, 2.45) is 0 Å². The highest BCUT2D eigenvalue weighted by Gasteiger charge is 2.23. The van der Waals surface area contributed by atoms with Crippen molar-refractivity contribution >= 4 is 28.4 Å². The van der Waals surface area contributed by atoms with E-state index in [1.165, 1.54) is 5.56 Å². The molecule has 0 spiro atoms. The molecule has 0 aliphatic carbocycles. The Morgan fingerprint density at radius 1 is 1.03 bits per heavy atom. The van der Waals surface area contributed by atoms with E-state index >= 15 is 0 Å². The van der Waals surface area contributed by atoms with E-state index in [9.17, 15) is 4.79 Å². The molecule has 0 bridgehead atoms. The van der Waals surface area contributed by atoms with Gasteiger partial charge in [-0.15, -0.1) is 0 Å². The number of nitrogens with one attached hydrogen (secondary N) is 1. The number of ether oxygens (including phenoxy) is 1. The van der Waals surface area contributed by atoms with Crippen LogP contribution in [0.2, 0.25) is 5.02 Å². The number of fused-ring (bicyclic) bond motifs is 1. The summed E-state index contributed by atoms with van der Waals surface area (Å²) in [5.74, 6) is 1.34. The smallest absolute Gasteiger partial charge is 0.221 e. The van der Waals surface area contributed by atoms with Gasteiger partial charge in [-0.1, -0.05) is 54.1 Å². The van der Waals surface area contributed by atoms with E-state index in [1.807, 2.05) is 60.7 Å². The fourth-order valence-electron chi connectivity index (χ4n) is 4.60. The van der Waals surface area contributed by atoms with Gasteiger partial charge in [-0.05, 0) is 59.2 Å². The number of amides is 1. The Hall–Kier alpha value is -3.96. The zero-order valence-electron chi connectivity index (χ0n) is 20.0. The molecule has 0 unspecified atom stereocenters. The second kappa shape index (κ2) is 10.8. The molecule has 0 radical (unpaired) electrons. The first kappa shape index (κ1) is 23.8. The van der Waals surface area contributed by atoms with Crippen LogP contribution in [0.5, 0.6) is 5.75 Å². The Bertz CT molecular complexity index is 1460. The lowest BCUT2D eigenvalue weighted by atomic mass is 9.88. The van der Waals surface area contributed by atoms with Gasteiger partial charge in [0.2, 0.25) is 5.91 Å². The zero-order chi connectivity index (χ0) is 24.9. The summed E-state index contributed by atoms with van der Waals surface area (Å²) >= 11 is 6.37. The molecule has 5 rings (SSSR count). The van der Waals surface area contributed by atoms with Gasteiger partial charge in [0.05, 0.1) is 19.9 Å². The van der Waals surface area contributed by atoms with E-state index in [-0.39, 0.29) is 18.2 Å². The summed E-state index contributed by atoms with van der Waals surface area (Å²) in [4.78, 5) is 13.1. The molecule has 0 aliphatic rings. The van der Waals surface area contributed by atoms with Crippen LogP contribution in [0.3, 0.4) is 0 Å². The van der Waals surface area contributed by atoms with E-state index in [0.717, 1.165) is 33.5 Å². The molecule has 5 aromatic rings. The standard InChI is InChI=1S/C30H27ClN2O3/c1-35-24-13-11-21(12-14-24)19-33-20-28(26-9-2-3-10-29(26)33)27(22-6-4-7-23(31)16-22)17-30(34)32-18-25-8-5-15-36-25/h2-16,20,27H,17-19H2,1H3,(H,32,34)/t27-/m0/s1. The predicted molar refractivity (Wildman–Crippen MR) is 143 cm³/mol. The molecule has 1 amide bonds. The van der Waals surface area contributed by atoms with Crippen LogP contribution in [0.25, 0.3) is 10.9 Å². The highest BCUT2D eigenvalue weighted by Crippen LogP contribution is 2.36. The minimum Gasteiger partial charge on any atom is -0.497 e. The number of hydrogen-bond acceptors (Lipinski definition) is 3. The summed E-state index contributed by atoms with van der Waals surface area (Å²) in [5.41, 5.74) is 4.38. The van der Waals surface area contributed by atoms with Crippen molar-refractivity contribution < 1.29 is 13.9 Å². The predicted octanol–water partition coefficient (Wildman–Crippen LogP) is 6.78. The minimum absolute atomic E-state index is 0.0524. The molecule has 2 heterocycles. The third-order valence-electron chi connectivity index (χ3n) is 6.39. The number of carbonyl (C=O) groups is 1. The Kier molecular flexibility index (Phi) is 7.10. The number of nitrogens with zero attached hydrogens (tertiary/aromatic N) is 1. The first-order valence-electron chi connectivity index (χ1n) is 11.9. The third-order valence-corrected chi connectivity index (χ3v) is 6.62. The number of aromatic nitrogens is 1. The van der Waals surface area contributed by atoms with Crippen LogP contribution in [-0.4, -0.2) is 17.6 Å². The molecule has 1 N–H and O–H groups in total. The molecule has 1 atom stereocenters. The second-order valence-corrected chi connectivity index (χ2v) is 9.18. The van der Waals surface area contributed by atoms with Crippen molar-refractivity contribution in [1.82, 2.24) is 9.88 Å². The number of benzene rings is 3. The maximum atomic E-state index is 13.1. The minimum atomic E-state index is -0.165. The number of para-hydroxylation sites is 1. The summed E-state index contributed by atoms with van der Waals surface area (Å²) in [7, 11) is 1.67. The molecule has 2 aromatic heterocycles. The van der Waals surface area contributed by atoms with E-state index in [4.69, 9.17) is 20.8 Å². The summed E-state index contributed by atoms with van der Waals surface area (Å²) in [5, 5.41) is 4.76. The maximum absolute atomic E-state index is 13.1. The van der Waals surface area contributed by atoms with Crippen molar-refractivity contribution in [3.05, 3.63) is 125 Å². The van der Waals surface area contributed by atoms with Gasteiger partial charge >= 0.3 is 0 Å². The first-order valence-corrected chi connectivity index (χ1v) is 12.2. The summed E-state index contributed by atoms with van der Waals surface area (Å²) in [6, 6.07) is 27.8. The molecule has 0 fully saturated rings. The van der Waals surface area contributed by atoms with Crippen LogP contribution in [0.4, 0.5) is 0 Å². The summed E-state index contributed by atoms with van der Waals surface area (Å²) < 4.78 is 12.9. The number of halogens is 1. The van der Waals surface area contributed by atoms with Crippen LogP contribution in [0.15, 0.2) is 102 Å². The number of methoxy groups -OCH3 is 1. The first-order chi connectivity index (χ1) is 17.6. The molecule has 6 heteroatoms. The summed E-state index contributed by atoms with van der Waals surface area (Å²) in [6.45, 7) is 1.06. The van der Waals surface area contributed by atoms with E-state index in [0.29, 0.717) is 18.1 Å². The van der Waals surface area contributed by atoms with Crippen LogP contribution in [-0.2, 0) is 17.9 Å². The molecule has 0 aliphatic heterocycles. The Labute approximate surface area is 215 Å². The van der Waals surface area contributed by atoms with Crippen molar-refractivity contribution in [2.45, 2.75) is 25.4 Å². The monoisotopic (exact) mass is 498 g/mol. The van der Waals surface area contributed by atoms with Crippen molar-refractivity contribution in [3.8, 4) is 5.75 Å². The normalized spacial score (nSPS) is 11.9. The molecular formula is C30H27ClN2O3. The topological polar surface area (TPSA) is 56.4 Å². The number of carbonyl (C=O) groups excluding carboxylic acids is 1. The fourth-order valence-corrected chi connectivity index (χ4v) is 4.80. The average Bonchev–Trinajstić information content (AvgIpc) is 3.55. The van der Waals surface area contributed by atoms with Gasteiger partial charge in [-0.2, -0.15) is 0 Å². The van der Waals surface area contributed by atoms with E-state index in [1.54, 1.807) is 13.4 Å². The lowest BCUT2D eigenvalue weighted by Crippen LogP contribution is -2.24. The molecule has 3 aromatic carbocycles. The van der Waals surface area contributed by atoms with E-state index < -0.39 is 0 Å². The van der Waals surface area contributed by atoms with Gasteiger partial charge in [-0.3, -0.25) is 4.79 Å². The largest absolute Gasteiger partial charge is 0.497 e. The molecule has 5 nitrogen and oxygen atoms in total. The summed E-state index contributed by atoms with van der Waals surface area (Å²) in [6.07, 6.45) is 4.06. The SMILES string of the molecule is COc1ccc(Cn2cc([C@@H](CC(=O)NCc3ccco3)c3cccc(Cl)c3)c3ccccc32)cc1. The Morgan fingerprint density at radius 2 is 1.86 bits per heavy atom.